The number of anilines is 1. The molecule has 0 aliphatic heterocycles. The Hall–Kier alpha value is -4.80. The van der Waals surface area contributed by atoms with Crippen LogP contribution in [-0.4, -0.2) is 39.2 Å². The SMILES string of the molecule is CNC(=O)c1cc(Oc2ccc(NC(=O)NCc3cccc(-c4n[nH]c(C)n4)c3)cc2F)ccn1. The summed E-state index contributed by atoms with van der Waals surface area (Å²) in [5, 5.41) is 14.7. The van der Waals surface area contributed by atoms with Gasteiger partial charge in [-0.25, -0.2) is 14.2 Å². The van der Waals surface area contributed by atoms with E-state index in [-0.39, 0.29) is 35.3 Å². The first-order chi connectivity index (χ1) is 16.9. The number of H-pyrrole nitrogens is 1. The molecule has 0 saturated heterocycles. The van der Waals surface area contributed by atoms with Crippen LogP contribution in [0.5, 0.6) is 11.5 Å². The highest BCUT2D eigenvalue weighted by atomic mass is 19.1. The van der Waals surface area contributed by atoms with E-state index in [1.54, 1.807) is 0 Å². The molecule has 4 aromatic rings. The van der Waals surface area contributed by atoms with E-state index in [9.17, 15) is 14.0 Å². The largest absolute Gasteiger partial charge is 0.454 e. The minimum Gasteiger partial charge on any atom is -0.454 e. The molecule has 178 valence electrons. The van der Waals surface area contributed by atoms with Crippen LogP contribution in [0.4, 0.5) is 14.9 Å². The summed E-state index contributed by atoms with van der Waals surface area (Å²) in [7, 11) is 1.48. The highest BCUT2D eigenvalue weighted by Gasteiger charge is 2.11. The van der Waals surface area contributed by atoms with Gasteiger partial charge in [0.15, 0.2) is 17.4 Å². The van der Waals surface area contributed by atoms with Crippen molar-refractivity contribution >= 4 is 17.6 Å². The van der Waals surface area contributed by atoms with Crippen LogP contribution in [0, 0.1) is 12.7 Å². The maximum absolute atomic E-state index is 14.6. The van der Waals surface area contributed by atoms with Gasteiger partial charge in [-0.3, -0.25) is 14.9 Å². The molecular weight excluding hydrogens is 453 g/mol. The number of aromatic amines is 1. The van der Waals surface area contributed by atoms with Gasteiger partial charge in [-0.1, -0.05) is 18.2 Å². The van der Waals surface area contributed by atoms with Crippen molar-refractivity contribution in [3.8, 4) is 22.9 Å². The Kier molecular flexibility index (Phi) is 6.96. The van der Waals surface area contributed by atoms with Gasteiger partial charge < -0.3 is 20.7 Å². The van der Waals surface area contributed by atoms with Crippen LogP contribution in [0.15, 0.2) is 60.8 Å². The van der Waals surface area contributed by atoms with Crippen LogP contribution in [0.2, 0.25) is 0 Å². The van der Waals surface area contributed by atoms with Gasteiger partial charge in [-0.05, 0) is 36.8 Å². The number of ether oxygens (including phenoxy) is 1. The second kappa shape index (κ2) is 10.4. The van der Waals surface area contributed by atoms with E-state index in [0.717, 1.165) is 17.2 Å². The highest BCUT2D eigenvalue weighted by molar-refractivity contribution is 5.92. The van der Waals surface area contributed by atoms with Crippen molar-refractivity contribution in [2.24, 2.45) is 0 Å². The summed E-state index contributed by atoms with van der Waals surface area (Å²) in [6.07, 6.45) is 1.39. The van der Waals surface area contributed by atoms with Crippen molar-refractivity contribution in [1.82, 2.24) is 30.8 Å². The molecule has 0 bridgehead atoms. The number of carbonyl (C=O) groups is 2. The van der Waals surface area contributed by atoms with Crippen LogP contribution in [0.1, 0.15) is 21.9 Å². The minimum atomic E-state index is -0.685. The van der Waals surface area contributed by atoms with E-state index in [0.29, 0.717) is 11.6 Å². The zero-order valence-electron chi connectivity index (χ0n) is 18.9. The molecule has 0 aliphatic rings. The second-order valence-electron chi connectivity index (χ2n) is 7.46. The molecule has 0 atom stereocenters. The lowest BCUT2D eigenvalue weighted by Gasteiger charge is -2.11. The lowest BCUT2D eigenvalue weighted by Crippen LogP contribution is -2.28. The van der Waals surface area contributed by atoms with Gasteiger partial charge in [0.05, 0.1) is 0 Å². The maximum atomic E-state index is 14.6. The molecule has 3 amide bonds. The van der Waals surface area contributed by atoms with Crippen LogP contribution >= 0.6 is 0 Å². The summed E-state index contributed by atoms with van der Waals surface area (Å²) in [4.78, 5) is 32.2. The van der Waals surface area contributed by atoms with Gasteiger partial charge >= 0.3 is 6.03 Å². The van der Waals surface area contributed by atoms with E-state index >= 15 is 0 Å². The molecule has 2 aromatic heterocycles. The molecule has 0 radical (unpaired) electrons. The van der Waals surface area contributed by atoms with E-state index in [4.69, 9.17) is 4.74 Å². The van der Waals surface area contributed by atoms with Gasteiger partial charge in [0, 0.05) is 43.2 Å². The summed E-state index contributed by atoms with van der Waals surface area (Å²) in [6.45, 7) is 2.07. The summed E-state index contributed by atoms with van der Waals surface area (Å²) in [5.74, 6) is 0.392. The molecule has 11 heteroatoms. The molecular formula is C24H22FN7O3. The van der Waals surface area contributed by atoms with E-state index < -0.39 is 11.8 Å². The molecule has 35 heavy (non-hydrogen) atoms. The number of hydrogen-bond acceptors (Lipinski definition) is 6. The smallest absolute Gasteiger partial charge is 0.319 e. The standard InChI is InChI=1S/C24H22FN7O3/c1-14-29-22(32-31-14)16-5-3-4-15(10-16)13-28-24(34)30-17-6-7-21(19(25)11-17)35-18-8-9-27-20(12-18)23(33)26-2/h3-12H,13H2,1-2H3,(H,26,33)(H2,28,30,34)(H,29,31,32). The van der Waals surface area contributed by atoms with Crippen molar-refractivity contribution in [3.63, 3.8) is 0 Å². The fourth-order valence-corrected chi connectivity index (χ4v) is 3.17. The van der Waals surface area contributed by atoms with Crippen LogP contribution in [-0.2, 0) is 6.54 Å². The van der Waals surface area contributed by atoms with E-state index in [1.165, 1.54) is 37.5 Å². The number of pyridine rings is 1. The molecule has 0 aliphatic carbocycles. The first-order valence-corrected chi connectivity index (χ1v) is 10.6. The summed E-state index contributed by atoms with van der Waals surface area (Å²) >= 11 is 0. The number of rotatable bonds is 7. The maximum Gasteiger partial charge on any atom is 0.319 e. The fraction of sp³-hybridized carbons (Fsp3) is 0.125. The van der Waals surface area contributed by atoms with Crippen molar-refractivity contribution in [2.75, 3.05) is 12.4 Å². The molecule has 4 N–H and O–H groups in total. The predicted octanol–water partition coefficient (Wildman–Crippen LogP) is 3.79. The van der Waals surface area contributed by atoms with Crippen molar-refractivity contribution in [1.29, 1.82) is 0 Å². The predicted molar refractivity (Wildman–Crippen MR) is 127 cm³/mol. The molecule has 0 unspecified atom stereocenters. The Labute approximate surface area is 200 Å². The Balaban J connectivity index is 1.35. The third-order valence-electron chi connectivity index (χ3n) is 4.84. The number of carbonyl (C=O) groups excluding carboxylic acids is 2. The number of amides is 3. The quantitative estimate of drug-likeness (QED) is 0.321. The Morgan fingerprint density at radius 1 is 1.11 bits per heavy atom. The molecule has 10 nitrogen and oxygen atoms in total. The summed E-state index contributed by atoms with van der Waals surface area (Å²) in [5.41, 5.74) is 2.06. The van der Waals surface area contributed by atoms with Crippen LogP contribution in [0.3, 0.4) is 0 Å². The second-order valence-corrected chi connectivity index (χ2v) is 7.46. The van der Waals surface area contributed by atoms with Crippen molar-refractivity contribution in [2.45, 2.75) is 13.5 Å². The molecule has 2 aromatic carbocycles. The van der Waals surface area contributed by atoms with Crippen molar-refractivity contribution < 1.29 is 18.7 Å². The monoisotopic (exact) mass is 475 g/mol. The zero-order chi connectivity index (χ0) is 24.8. The number of nitrogens with one attached hydrogen (secondary N) is 4. The number of hydrogen-bond donors (Lipinski definition) is 4. The summed E-state index contributed by atoms with van der Waals surface area (Å²) < 4.78 is 20.1. The first-order valence-electron chi connectivity index (χ1n) is 10.6. The van der Waals surface area contributed by atoms with Gasteiger partial charge in [-0.2, -0.15) is 5.10 Å². The van der Waals surface area contributed by atoms with Gasteiger partial charge in [0.1, 0.15) is 17.3 Å². The Morgan fingerprint density at radius 2 is 1.97 bits per heavy atom. The topological polar surface area (TPSA) is 134 Å². The Morgan fingerprint density at radius 3 is 2.71 bits per heavy atom. The van der Waals surface area contributed by atoms with Gasteiger partial charge in [0.25, 0.3) is 5.91 Å². The zero-order valence-corrected chi connectivity index (χ0v) is 18.9. The molecule has 4 rings (SSSR count). The number of benzene rings is 2. The number of aromatic nitrogens is 4. The first kappa shape index (κ1) is 23.4. The number of nitrogens with zero attached hydrogens (tertiary/aromatic N) is 3. The average molecular weight is 475 g/mol. The number of aryl methyl sites for hydroxylation is 1. The van der Waals surface area contributed by atoms with Crippen LogP contribution in [0.25, 0.3) is 11.4 Å². The third kappa shape index (κ3) is 5.96. The number of halogens is 1. The molecule has 2 heterocycles. The van der Waals surface area contributed by atoms with Crippen LogP contribution < -0.4 is 20.7 Å². The van der Waals surface area contributed by atoms with Crippen molar-refractivity contribution in [3.05, 3.63) is 83.7 Å². The molecule has 0 saturated carbocycles. The summed E-state index contributed by atoms with van der Waals surface area (Å²) in [6, 6.07) is 13.9. The normalized spacial score (nSPS) is 10.5. The minimum absolute atomic E-state index is 0.0657. The Bertz CT molecular complexity index is 1370. The lowest BCUT2D eigenvalue weighted by molar-refractivity contribution is 0.0958. The average Bonchev–Trinajstić information content (AvgIpc) is 3.30. The van der Waals surface area contributed by atoms with E-state index in [1.807, 2.05) is 31.2 Å². The van der Waals surface area contributed by atoms with Gasteiger partial charge in [0.2, 0.25) is 0 Å². The third-order valence-corrected chi connectivity index (χ3v) is 4.84. The highest BCUT2D eigenvalue weighted by Crippen LogP contribution is 2.27. The van der Waals surface area contributed by atoms with E-state index in [2.05, 4.69) is 36.1 Å². The molecule has 0 fully saturated rings. The number of urea groups is 1. The molecule has 0 spiro atoms. The fourth-order valence-electron chi connectivity index (χ4n) is 3.17. The van der Waals surface area contributed by atoms with Gasteiger partial charge in [-0.15, -0.1) is 0 Å². The lowest BCUT2D eigenvalue weighted by atomic mass is 10.1.